The molecule has 190 valence electrons. The average molecular weight is 497 g/mol. The molecule has 0 amide bonds. The van der Waals surface area contributed by atoms with Gasteiger partial charge in [-0.3, -0.25) is 14.9 Å². The van der Waals surface area contributed by atoms with Crippen LogP contribution in [0.1, 0.15) is 61.8 Å². The van der Waals surface area contributed by atoms with E-state index in [1.807, 2.05) is 12.3 Å². The van der Waals surface area contributed by atoms with Gasteiger partial charge in [0.1, 0.15) is 28.8 Å². The monoisotopic (exact) mass is 496 g/mol. The van der Waals surface area contributed by atoms with Gasteiger partial charge in [0.2, 0.25) is 0 Å². The number of aliphatic hydroxyl groups excluding tert-OH is 1. The molecule has 2 unspecified atom stereocenters. The fraction of sp³-hybridized carbons (Fsp3) is 0.400. The summed E-state index contributed by atoms with van der Waals surface area (Å²) >= 11 is 0. The Morgan fingerprint density at radius 2 is 2.08 bits per heavy atom. The number of hydrogen-bond acceptors (Lipinski definition) is 6. The van der Waals surface area contributed by atoms with Gasteiger partial charge in [-0.25, -0.2) is 4.98 Å². The largest absolute Gasteiger partial charge is 0.494 e. The molecule has 2 aliphatic rings. The van der Waals surface area contributed by atoms with E-state index < -0.39 is 6.10 Å². The van der Waals surface area contributed by atoms with Crippen molar-refractivity contribution in [2.75, 3.05) is 7.11 Å². The van der Waals surface area contributed by atoms with Crippen LogP contribution in [0.25, 0.3) is 33.5 Å². The molecular weight excluding hydrogens is 464 g/mol. The number of carbonyl (C=O) groups is 1. The maximum absolute atomic E-state index is 11.9. The number of pyridine rings is 2. The van der Waals surface area contributed by atoms with E-state index in [1.54, 1.807) is 14.0 Å². The smallest absolute Gasteiger partial charge is 0.161 e. The second kappa shape index (κ2) is 9.71. The minimum Gasteiger partial charge on any atom is -0.494 e. The molecule has 1 fully saturated rings. The molecule has 7 nitrogen and oxygen atoms in total. The summed E-state index contributed by atoms with van der Waals surface area (Å²) in [5, 5.41) is 17.2. The van der Waals surface area contributed by atoms with Crippen molar-refractivity contribution < 1.29 is 14.6 Å². The van der Waals surface area contributed by atoms with Crippen molar-refractivity contribution in [2.24, 2.45) is 5.92 Å². The zero-order valence-corrected chi connectivity index (χ0v) is 21.3. The van der Waals surface area contributed by atoms with Gasteiger partial charge in [-0.05, 0) is 74.6 Å². The highest BCUT2D eigenvalue weighted by Gasteiger charge is 2.29. The van der Waals surface area contributed by atoms with Crippen LogP contribution < -0.4 is 4.74 Å². The van der Waals surface area contributed by atoms with Crippen molar-refractivity contribution in [1.82, 2.24) is 20.2 Å². The predicted octanol–water partition coefficient (Wildman–Crippen LogP) is 5.41. The number of aromatic amines is 1. The van der Waals surface area contributed by atoms with E-state index >= 15 is 0 Å². The molecule has 2 N–H and O–H groups in total. The van der Waals surface area contributed by atoms with Crippen molar-refractivity contribution in [3.05, 3.63) is 59.4 Å². The lowest BCUT2D eigenvalue weighted by Crippen LogP contribution is -2.18. The number of hydrogen-bond donors (Lipinski definition) is 2. The van der Waals surface area contributed by atoms with Gasteiger partial charge in [0.15, 0.2) is 5.78 Å². The van der Waals surface area contributed by atoms with Crippen LogP contribution in [0.15, 0.2) is 42.6 Å². The van der Waals surface area contributed by atoms with Crippen LogP contribution in [0.5, 0.6) is 5.75 Å². The number of carbonyl (C=O) groups excluding carboxylic acids is 1. The van der Waals surface area contributed by atoms with Gasteiger partial charge in [-0.1, -0.05) is 18.2 Å². The first-order valence-electron chi connectivity index (χ1n) is 13.2. The van der Waals surface area contributed by atoms with Crippen molar-refractivity contribution in [2.45, 2.75) is 63.9 Å². The van der Waals surface area contributed by atoms with Gasteiger partial charge >= 0.3 is 0 Å². The predicted molar refractivity (Wildman–Crippen MR) is 143 cm³/mol. The molecular formula is C30H32N4O3. The minimum atomic E-state index is -0.878. The molecule has 0 bridgehead atoms. The average Bonchev–Trinajstić information content (AvgIpc) is 3.67. The zero-order valence-electron chi connectivity index (χ0n) is 21.3. The van der Waals surface area contributed by atoms with Crippen LogP contribution in [-0.4, -0.2) is 44.3 Å². The van der Waals surface area contributed by atoms with E-state index in [0.717, 1.165) is 77.1 Å². The molecule has 6 rings (SSSR count). The topological polar surface area (TPSA) is 101 Å². The molecule has 3 atom stereocenters. The third kappa shape index (κ3) is 4.42. The highest BCUT2D eigenvalue weighted by Crippen LogP contribution is 2.41. The number of aromatic nitrogens is 4. The van der Waals surface area contributed by atoms with Gasteiger partial charge in [0.25, 0.3) is 0 Å². The van der Waals surface area contributed by atoms with E-state index in [-0.39, 0.29) is 5.78 Å². The number of methoxy groups -OCH3 is 1. The fourth-order valence-electron chi connectivity index (χ4n) is 6.09. The molecule has 3 aromatic heterocycles. The maximum Gasteiger partial charge on any atom is 0.161 e. The molecule has 7 heteroatoms. The zero-order chi connectivity index (χ0) is 25.5. The summed E-state index contributed by atoms with van der Waals surface area (Å²) in [6, 6.07) is 12.6. The van der Waals surface area contributed by atoms with E-state index in [0.29, 0.717) is 18.3 Å². The number of aliphatic hydroxyl groups is 1. The molecule has 0 aliphatic heterocycles. The second-order valence-corrected chi connectivity index (χ2v) is 10.5. The van der Waals surface area contributed by atoms with Crippen LogP contribution in [0.3, 0.4) is 0 Å². The first-order valence-corrected chi connectivity index (χ1v) is 13.2. The van der Waals surface area contributed by atoms with Crippen LogP contribution in [0.2, 0.25) is 0 Å². The van der Waals surface area contributed by atoms with E-state index in [2.05, 4.69) is 40.5 Å². The standard InChI is InChI=1S/C30H32N4O3/c1-17(35)26(36)14-18-9-10-20(13-18)24-12-11-21(16-31-24)28-30-25(33-34-28)15-27(37-2)29(32-30)23-8-4-6-19-5-3-7-22(19)23/h4,6,8,11-12,15-18,20,35H,3,5,7,9-10,13-14H2,1-2H3,(H,33,34)/t17-,18?,20?/m0/s1. The number of aryl methyl sites for hydroxylation is 1. The van der Waals surface area contributed by atoms with Crippen LogP contribution in [0, 0.1) is 5.92 Å². The van der Waals surface area contributed by atoms with Crippen molar-refractivity contribution >= 4 is 16.8 Å². The van der Waals surface area contributed by atoms with Crippen LogP contribution in [-0.2, 0) is 17.6 Å². The number of benzene rings is 1. The quantitative estimate of drug-likeness (QED) is 0.355. The van der Waals surface area contributed by atoms with Gasteiger partial charge in [-0.2, -0.15) is 5.10 Å². The minimum absolute atomic E-state index is 0.0664. The summed E-state index contributed by atoms with van der Waals surface area (Å²) in [6.45, 7) is 1.55. The van der Waals surface area contributed by atoms with Crippen molar-refractivity contribution in [3.8, 4) is 28.3 Å². The Hall–Kier alpha value is -3.58. The summed E-state index contributed by atoms with van der Waals surface area (Å²) in [5.41, 5.74) is 9.13. The fourth-order valence-corrected chi connectivity index (χ4v) is 6.09. The van der Waals surface area contributed by atoms with Gasteiger partial charge < -0.3 is 9.84 Å². The van der Waals surface area contributed by atoms with Crippen molar-refractivity contribution in [3.63, 3.8) is 0 Å². The lowest BCUT2D eigenvalue weighted by Gasteiger charge is -2.13. The van der Waals surface area contributed by atoms with E-state index in [9.17, 15) is 9.90 Å². The highest BCUT2D eigenvalue weighted by molar-refractivity contribution is 5.93. The van der Waals surface area contributed by atoms with E-state index in [4.69, 9.17) is 14.7 Å². The first-order chi connectivity index (χ1) is 18.0. The van der Waals surface area contributed by atoms with Crippen LogP contribution >= 0.6 is 0 Å². The molecule has 0 spiro atoms. The summed E-state index contributed by atoms with van der Waals surface area (Å²) in [5.74, 6) is 1.33. The Morgan fingerprint density at radius 1 is 1.19 bits per heavy atom. The molecule has 37 heavy (non-hydrogen) atoms. The van der Waals surface area contributed by atoms with Gasteiger partial charge in [0.05, 0.1) is 12.6 Å². The third-order valence-corrected chi connectivity index (χ3v) is 8.10. The molecule has 3 heterocycles. The summed E-state index contributed by atoms with van der Waals surface area (Å²) in [7, 11) is 1.68. The Kier molecular flexibility index (Phi) is 6.24. The number of ketones is 1. The molecule has 4 aromatic rings. The molecule has 2 aliphatic carbocycles. The summed E-state index contributed by atoms with van der Waals surface area (Å²) < 4.78 is 5.74. The lowest BCUT2D eigenvalue weighted by atomic mass is 9.96. The van der Waals surface area contributed by atoms with Crippen LogP contribution in [0.4, 0.5) is 0 Å². The Balaban J connectivity index is 1.29. The maximum atomic E-state index is 11.9. The van der Waals surface area contributed by atoms with Crippen molar-refractivity contribution in [1.29, 1.82) is 0 Å². The van der Waals surface area contributed by atoms with Gasteiger partial charge in [0, 0.05) is 41.4 Å². The first kappa shape index (κ1) is 23.8. The number of nitrogens with one attached hydrogen (secondary N) is 1. The SMILES string of the molecule is COc1cc2[nH]nc(-c3ccc(C4CCC(CC(=O)[C@H](C)O)C4)nc3)c2nc1-c1cccc2c1CCC2. The second-order valence-electron chi connectivity index (χ2n) is 10.5. The molecule has 0 saturated heterocycles. The Labute approximate surface area is 216 Å². The number of ether oxygens (including phenoxy) is 1. The number of H-pyrrole nitrogens is 1. The molecule has 0 radical (unpaired) electrons. The number of Topliss-reactive ketones (excluding diaryl/α,β-unsaturated/α-hetero) is 1. The van der Waals surface area contributed by atoms with Gasteiger partial charge in [-0.15, -0.1) is 0 Å². The number of rotatable bonds is 7. The highest BCUT2D eigenvalue weighted by atomic mass is 16.5. The normalized spacial score (nSPS) is 19.8. The number of fused-ring (bicyclic) bond motifs is 2. The lowest BCUT2D eigenvalue weighted by molar-refractivity contribution is -0.127. The third-order valence-electron chi connectivity index (χ3n) is 8.10. The Bertz CT molecular complexity index is 1460. The Morgan fingerprint density at radius 3 is 2.86 bits per heavy atom. The number of nitrogens with zero attached hydrogens (tertiary/aromatic N) is 3. The summed E-state index contributed by atoms with van der Waals surface area (Å²) in [6.07, 6.45) is 7.74. The molecule has 1 aromatic carbocycles. The van der Waals surface area contributed by atoms with E-state index in [1.165, 1.54) is 17.5 Å². The summed E-state index contributed by atoms with van der Waals surface area (Å²) in [4.78, 5) is 21.8. The molecule has 1 saturated carbocycles.